The van der Waals surface area contributed by atoms with E-state index in [9.17, 15) is 15.0 Å². The van der Waals surface area contributed by atoms with Crippen LogP contribution in [0.4, 0.5) is 4.79 Å². The number of urea groups is 1. The Bertz CT molecular complexity index is 202. The SMILES string of the molecule is NC(=O)NCC(O)C(O)C(O)C(O)CO. The fraction of sp³-hybridized carbons (Fsp3) is 0.857. The Labute approximate surface area is 86.0 Å². The molecule has 0 rings (SSSR count). The zero-order valence-corrected chi connectivity index (χ0v) is 7.95. The molecular formula is C7H16N2O6. The maximum Gasteiger partial charge on any atom is 0.312 e. The van der Waals surface area contributed by atoms with Crippen LogP contribution < -0.4 is 11.1 Å². The number of hydrogen-bond acceptors (Lipinski definition) is 6. The number of aliphatic hydroxyl groups is 5. The molecule has 8 nitrogen and oxygen atoms in total. The van der Waals surface area contributed by atoms with E-state index in [1.165, 1.54) is 0 Å². The fourth-order valence-corrected chi connectivity index (χ4v) is 0.889. The Balaban J connectivity index is 4.06. The van der Waals surface area contributed by atoms with Gasteiger partial charge in [0.1, 0.15) is 18.3 Å². The predicted molar refractivity (Wildman–Crippen MR) is 48.7 cm³/mol. The third-order valence-electron chi connectivity index (χ3n) is 1.81. The zero-order chi connectivity index (χ0) is 12.0. The Morgan fingerprint density at radius 3 is 2.00 bits per heavy atom. The van der Waals surface area contributed by atoms with Gasteiger partial charge in [0.2, 0.25) is 0 Å². The first-order valence-corrected chi connectivity index (χ1v) is 4.26. The first-order chi connectivity index (χ1) is 6.90. The van der Waals surface area contributed by atoms with E-state index in [-0.39, 0.29) is 6.54 Å². The Kier molecular flexibility index (Phi) is 6.13. The van der Waals surface area contributed by atoms with Crippen molar-refractivity contribution in [2.24, 2.45) is 5.73 Å². The highest BCUT2D eigenvalue weighted by Crippen LogP contribution is 2.04. The molecule has 0 aromatic carbocycles. The number of rotatable bonds is 6. The minimum Gasteiger partial charge on any atom is -0.394 e. The van der Waals surface area contributed by atoms with Gasteiger partial charge in [-0.2, -0.15) is 0 Å². The summed E-state index contributed by atoms with van der Waals surface area (Å²) >= 11 is 0. The molecule has 0 saturated heterocycles. The highest BCUT2D eigenvalue weighted by molar-refractivity contribution is 5.71. The molecule has 0 aliphatic rings. The second kappa shape index (κ2) is 6.53. The molecule has 0 fully saturated rings. The summed E-state index contributed by atoms with van der Waals surface area (Å²) in [4.78, 5) is 10.3. The van der Waals surface area contributed by atoms with Gasteiger partial charge in [-0.3, -0.25) is 0 Å². The number of nitrogens with one attached hydrogen (secondary N) is 1. The molecule has 15 heavy (non-hydrogen) atoms. The predicted octanol–water partition coefficient (Wildman–Crippen LogP) is -3.91. The number of primary amides is 1. The van der Waals surface area contributed by atoms with Gasteiger partial charge in [0, 0.05) is 6.54 Å². The van der Waals surface area contributed by atoms with E-state index >= 15 is 0 Å². The van der Waals surface area contributed by atoms with Crippen LogP contribution in [0.3, 0.4) is 0 Å². The van der Waals surface area contributed by atoms with E-state index in [4.69, 9.17) is 21.1 Å². The van der Waals surface area contributed by atoms with Crippen molar-refractivity contribution >= 4 is 6.03 Å². The lowest BCUT2D eigenvalue weighted by Crippen LogP contribution is -2.50. The highest BCUT2D eigenvalue weighted by atomic mass is 16.4. The fourth-order valence-electron chi connectivity index (χ4n) is 0.889. The number of hydrogen-bond donors (Lipinski definition) is 7. The van der Waals surface area contributed by atoms with E-state index in [1.807, 2.05) is 5.32 Å². The summed E-state index contributed by atoms with van der Waals surface area (Å²) in [7, 11) is 0. The van der Waals surface area contributed by atoms with Gasteiger partial charge in [-0.05, 0) is 0 Å². The standard InChI is InChI=1S/C7H16N2O6/c8-7(15)9-1-3(11)5(13)6(14)4(12)2-10/h3-6,10-14H,1-2H2,(H3,8,9,15). The number of carbonyl (C=O) groups is 1. The van der Waals surface area contributed by atoms with Crippen LogP contribution in [-0.4, -0.2) is 69.1 Å². The normalized spacial score (nSPS) is 19.0. The molecule has 2 amide bonds. The number of carbonyl (C=O) groups excluding carboxylic acids is 1. The van der Waals surface area contributed by atoms with Crippen LogP contribution in [0.1, 0.15) is 0 Å². The van der Waals surface area contributed by atoms with Gasteiger partial charge in [-0.1, -0.05) is 0 Å². The van der Waals surface area contributed by atoms with Gasteiger partial charge in [0.25, 0.3) is 0 Å². The van der Waals surface area contributed by atoms with Gasteiger partial charge < -0.3 is 36.6 Å². The minimum absolute atomic E-state index is 0.369. The lowest BCUT2D eigenvalue weighted by Gasteiger charge is -2.25. The Hall–Kier alpha value is -0.930. The highest BCUT2D eigenvalue weighted by Gasteiger charge is 2.29. The van der Waals surface area contributed by atoms with Crippen molar-refractivity contribution in [1.82, 2.24) is 5.32 Å². The molecule has 0 aliphatic heterocycles. The summed E-state index contributed by atoms with van der Waals surface area (Å²) in [6, 6.07) is -0.890. The van der Waals surface area contributed by atoms with Crippen LogP contribution in [0, 0.1) is 0 Å². The van der Waals surface area contributed by atoms with E-state index in [1.54, 1.807) is 0 Å². The van der Waals surface area contributed by atoms with Crippen LogP contribution in [0.2, 0.25) is 0 Å². The van der Waals surface area contributed by atoms with Crippen molar-refractivity contribution in [2.45, 2.75) is 24.4 Å². The molecule has 4 atom stereocenters. The molecule has 0 aliphatic carbocycles. The smallest absolute Gasteiger partial charge is 0.312 e. The molecule has 0 bridgehead atoms. The molecule has 8 N–H and O–H groups in total. The van der Waals surface area contributed by atoms with Crippen molar-refractivity contribution in [1.29, 1.82) is 0 Å². The minimum atomic E-state index is -1.71. The van der Waals surface area contributed by atoms with E-state index in [0.29, 0.717) is 0 Å². The molecule has 0 spiro atoms. The van der Waals surface area contributed by atoms with Crippen molar-refractivity contribution in [3.05, 3.63) is 0 Å². The molecule has 0 radical (unpaired) electrons. The van der Waals surface area contributed by atoms with Crippen LogP contribution in [0.25, 0.3) is 0 Å². The number of amides is 2. The Morgan fingerprint density at radius 2 is 1.60 bits per heavy atom. The Morgan fingerprint density at radius 1 is 1.13 bits per heavy atom. The van der Waals surface area contributed by atoms with Crippen LogP contribution >= 0.6 is 0 Å². The molecule has 90 valence electrons. The molecule has 0 saturated carbocycles. The lowest BCUT2D eigenvalue weighted by molar-refractivity contribution is -0.113. The third-order valence-corrected chi connectivity index (χ3v) is 1.81. The van der Waals surface area contributed by atoms with E-state index < -0.39 is 37.1 Å². The van der Waals surface area contributed by atoms with Crippen LogP contribution in [-0.2, 0) is 0 Å². The monoisotopic (exact) mass is 224 g/mol. The number of aliphatic hydroxyl groups excluding tert-OH is 5. The van der Waals surface area contributed by atoms with Gasteiger partial charge in [-0.15, -0.1) is 0 Å². The molecule has 0 heterocycles. The summed E-state index contributed by atoms with van der Waals surface area (Å²) in [6.07, 6.45) is -6.46. The van der Waals surface area contributed by atoms with Crippen molar-refractivity contribution in [2.75, 3.05) is 13.2 Å². The zero-order valence-electron chi connectivity index (χ0n) is 7.95. The molecule has 8 heteroatoms. The summed E-state index contributed by atoms with van der Waals surface area (Å²) in [5.41, 5.74) is 4.71. The molecule has 4 unspecified atom stereocenters. The van der Waals surface area contributed by atoms with Crippen molar-refractivity contribution < 1.29 is 30.3 Å². The first-order valence-electron chi connectivity index (χ1n) is 4.26. The van der Waals surface area contributed by atoms with Gasteiger partial charge >= 0.3 is 6.03 Å². The molecule has 0 aromatic heterocycles. The summed E-state index contributed by atoms with van der Waals surface area (Å²) < 4.78 is 0. The van der Waals surface area contributed by atoms with Gasteiger partial charge in [0.05, 0.1) is 12.7 Å². The van der Waals surface area contributed by atoms with Gasteiger partial charge in [-0.25, -0.2) is 4.79 Å². The van der Waals surface area contributed by atoms with E-state index in [0.717, 1.165) is 0 Å². The van der Waals surface area contributed by atoms with Crippen molar-refractivity contribution in [3.8, 4) is 0 Å². The topological polar surface area (TPSA) is 156 Å². The average Bonchev–Trinajstić information content (AvgIpc) is 2.22. The average molecular weight is 224 g/mol. The van der Waals surface area contributed by atoms with Crippen molar-refractivity contribution in [3.63, 3.8) is 0 Å². The molecule has 0 aromatic rings. The second-order valence-corrected chi connectivity index (χ2v) is 3.04. The van der Waals surface area contributed by atoms with Crippen LogP contribution in [0.5, 0.6) is 0 Å². The summed E-state index contributed by atoms with van der Waals surface area (Å²) in [5, 5.41) is 47.0. The maximum atomic E-state index is 10.3. The maximum absolute atomic E-state index is 10.3. The summed E-state index contributed by atoms with van der Waals surface area (Å²) in [6.45, 7) is -1.13. The van der Waals surface area contributed by atoms with E-state index in [2.05, 4.69) is 0 Å². The second-order valence-electron chi connectivity index (χ2n) is 3.04. The third kappa shape index (κ3) is 4.91. The summed E-state index contributed by atoms with van der Waals surface area (Å²) in [5.74, 6) is 0. The first kappa shape index (κ1) is 14.1. The quantitative estimate of drug-likeness (QED) is 0.244. The molecular weight excluding hydrogens is 208 g/mol. The van der Waals surface area contributed by atoms with Crippen LogP contribution in [0.15, 0.2) is 0 Å². The lowest BCUT2D eigenvalue weighted by atomic mass is 10.0. The number of nitrogens with two attached hydrogens (primary N) is 1. The largest absolute Gasteiger partial charge is 0.394 e. The van der Waals surface area contributed by atoms with Gasteiger partial charge in [0.15, 0.2) is 0 Å².